The first-order chi connectivity index (χ1) is 10.9. The zero-order valence-electron chi connectivity index (χ0n) is 12.0. The Bertz CT molecular complexity index is 1000. The summed E-state index contributed by atoms with van der Waals surface area (Å²) < 4.78 is 54.0. The Labute approximate surface area is 131 Å². The molecule has 23 heavy (non-hydrogen) atoms. The van der Waals surface area contributed by atoms with Crippen LogP contribution in [0.5, 0.6) is 0 Å². The number of rotatable bonds is 3. The molecule has 0 aliphatic carbocycles. The van der Waals surface area contributed by atoms with E-state index in [2.05, 4.69) is 9.71 Å². The van der Waals surface area contributed by atoms with E-state index in [1.54, 1.807) is 24.4 Å². The molecule has 1 aromatic heterocycles. The summed E-state index contributed by atoms with van der Waals surface area (Å²) in [7, 11) is -4.11. The van der Waals surface area contributed by atoms with Crippen LogP contribution in [-0.2, 0) is 10.0 Å². The molecule has 0 fully saturated rings. The number of benzene rings is 2. The average Bonchev–Trinajstić information content (AvgIpc) is 2.49. The number of nitrogens with zero attached hydrogens (tertiary/aromatic N) is 1. The third-order valence-corrected chi connectivity index (χ3v) is 4.67. The van der Waals surface area contributed by atoms with Crippen molar-refractivity contribution in [1.29, 1.82) is 0 Å². The first kappa shape index (κ1) is 15.4. The van der Waals surface area contributed by atoms with Crippen molar-refractivity contribution >= 4 is 26.6 Å². The van der Waals surface area contributed by atoms with Crippen molar-refractivity contribution in [2.45, 2.75) is 11.8 Å². The van der Waals surface area contributed by atoms with Crippen LogP contribution in [0.25, 0.3) is 10.9 Å². The van der Waals surface area contributed by atoms with Crippen LogP contribution in [0.15, 0.2) is 53.6 Å². The summed E-state index contributed by atoms with van der Waals surface area (Å²) in [6.07, 6.45) is 1.55. The smallest absolute Gasteiger partial charge is 0.264 e. The fourth-order valence-electron chi connectivity index (χ4n) is 2.24. The third-order valence-electron chi connectivity index (χ3n) is 3.27. The molecule has 0 aliphatic heterocycles. The van der Waals surface area contributed by atoms with Crippen LogP contribution >= 0.6 is 0 Å². The maximum Gasteiger partial charge on any atom is 0.264 e. The Kier molecular flexibility index (Phi) is 3.73. The van der Waals surface area contributed by atoms with E-state index in [0.717, 1.165) is 23.8 Å². The zero-order valence-corrected chi connectivity index (χ0v) is 12.9. The number of halogens is 2. The van der Waals surface area contributed by atoms with Crippen molar-refractivity contribution in [1.82, 2.24) is 4.98 Å². The minimum atomic E-state index is -4.11. The molecule has 0 unspecified atom stereocenters. The fourth-order valence-corrected chi connectivity index (χ4v) is 3.47. The third kappa shape index (κ3) is 3.00. The van der Waals surface area contributed by atoms with Crippen molar-refractivity contribution < 1.29 is 17.2 Å². The molecular weight excluding hydrogens is 322 g/mol. The highest BCUT2D eigenvalue weighted by atomic mass is 32.2. The zero-order chi connectivity index (χ0) is 16.6. The van der Waals surface area contributed by atoms with Gasteiger partial charge in [0, 0.05) is 17.6 Å². The number of aryl methyl sites for hydroxylation is 1. The molecule has 118 valence electrons. The highest BCUT2D eigenvalue weighted by molar-refractivity contribution is 7.93. The Hall–Kier alpha value is -2.54. The summed E-state index contributed by atoms with van der Waals surface area (Å²) in [5, 5.41) is 0.646. The van der Waals surface area contributed by atoms with Crippen molar-refractivity contribution in [3.63, 3.8) is 0 Å². The molecular formula is C16H12F2N2O2S. The number of fused-ring (bicyclic) bond motifs is 1. The second-order valence-corrected chi connectivity index (χ2v) is 6.72. The summed E-state index contributed by atoms with van der Waals surface area (Å²) >= 11 is 0. The van der Waals surface area contributed by atoms with Crippen LogP contribution in [0.4, 0.5) is 14.5 Å². The van der Waals surface area contributed by atoms with E-state index in [0.29, 0.717) is 5.39 Å². The van der Waals surface area contributed by atoms with Gasteiger partial charge < -0.3 is 0 Å². The molecule has 0 saturated carbocycles. The highest BCUT2D eigenvalue weighted by Crippen LogP contribution is 2.25. The Morgan fingerprint density at radius 3 is 2.65 bits per heavy atom. The van der Waals surface area contributed by atoms with Crippen LogP contribution in [-0.4, -0.2) is 13.4 Å². The lowest BCUT2D eigenvalue weighted by molar-refractivity contribution is 0.595. The molecule has 0 saturated heterocycles. The Morgan fingerprint density at radius 2 is 1.87 bits per heavy atom. The largest absolute Gasteiger partial charge is 0.276 e. The lowest BCUT2D eigenvalue weighted by Gasteiger charge is -2.11. The molecule has 0 atom stereocenters. The number of hydrogen-bond acceptors (Lipinski definition) is 3. The molecule has 7 heteroatoms. The summed E-state index contributed by atoms with van der Waals surface area (Å²) in [4.78, 5) is 4.04. The second kappa shape index (κ2) is 5.58. The number of nitrogens with one attached hydrogen (secondary N) is 1. The Balaban J connectivity index is 2.12. The SMILES string of the molecule is Cc1cnc2c(S(=O)(=O)Nc3cc(F)ccc3F)cccc2c1. The van der Waals surface area contributed by atoms with Gasteiger partial charge in [-0.1, -0.05) is 12.1 Å². The molecule has 3 rings (SSSR count). The molecule has 0 bridgehead atoms. The van der Waals surface area contributed by atoms with Crippen LogP contribution < -0.4 is 4.72 Å². The van der Waals surface area contributed by atoms with Gasteiger partial charge in [0.2, 0.25) is 0 Å². The molecule has 1 heterocycles. The van der Waals surface area contributed by atoms with E-state index in [9.17, 15) is 17.2 Å². The number of pyridine rings is 1. The molecule has 1 N–H and O–H groups in total. The van der Waals surface area contributed by atoms with Gasteiger partial charge in [-0.2, -0.15) is 0 Å². The summed E-state index contributed by atoms with van der Waals surface area (Å²) in [6, 6.07) is 9.02. The van der Waals surface area contributed by atoms with Gasteiger partial charge in [0.1, 0.15) is 16.5 Å². The van der Waals surface area contributed by atoms with Gasteiger partial charge in [0.15, 0.2) is 0 Å². The fraction of sp³-hybridized carbons (Fsp3) is 0.0625. The predicted molar refractivity (Wildman–Crippen MR) is 83.6 cm³/mol. The van der Waals surface area contributed by atoms with E-state index in [-0.39, 0.29) is 10.4 Å². The first-order valence-corrected chi connectivity index (χ1v) is 8.18. The minimum absolute atomic E-state index is 0.0985. The maximum atomic E-state index is 13.7. The van der Waals surface area contributed by atoms with Crippen molar-refractivity contribution in [2.75, 3.05) is 4.72 Å². The van der Waals surface area contributed by atoms with Crippen molar-refractivity contribution in [3.05, 3.63) is 65.9 Å². The molecule has 0 aliphatic rings. The van der Waals surface area contributed by atoms with Gasteiger partial charge in [-0.25, -0.2) is 17.2 Å². The highest BCUT2D eigenvalue weighted by Gasteiger charge is 2.20. The molecule has 0 amide bonds. The topological polar surface area (TPSA) is 59.1 Å². The lowest BCUT2D eigenvalue weighted by atomic mass is 10.2. The van der Waals surface area contributed by atoms with E-state index >= 15 is 0 Å². The van der Waals surface area contributed by atoms with Crippen LogP contribution in [0.3, 0.4) is 0 Å². The predicted octanol–water partition coefficient (Wildman–Crippen LogP) is 3.62. The average molecular weight is 334 g/mol. The van der Waals surface area contributed by atoms with Crippen LogP contribution in [0.1, 0.15) is 5.56 Å². The van der Waals surface area contributed by atoms with Gasteiger partial charge in [-0.05, 0) is 36.8 Å². The molecule has 0 radical (unpaired) electrons. The van der Waals surface area contributed by atoms with Gasteiger partial charge in [-0.15, -0.1) is 0 Å². The van der Waals surface area contributed by atoms with Crippen LogP contribution in [0.2, 0.25) is 0 Å². The van der Waals surface area contributed by atoms with E-state index in [1.165, 1.54) is 6.07 Å². The molecule has 2 aromatic carbocycles. The van der Waals surface area contributed by atoms with E-state index in [4.69, 9.17) is 0 Å². The van der Waals surface area contributed by atoms with Gasteiger partial charge in [-0.3, -0.25) is 9.71 Å². The summed E-state index contributed by atoms with van der Waals surface area (Å²) in [5.41, 5.74) is 0.702. The van der Waals surface area contributed by atoms with Gasteiger partial charge >= 0.3 is 0 Å². The van der Waals surface area contributed by atoms with E-state index < -0.39 is 27.3 Å². The Morgan fingerprint density at radius 1 is 1.09 bits per heavy atom. The normalized spacial score (nSPS) is 11.6. The van der Waals surface area contributed by atoms with Gasteiger partial charge in [0.05, 0.1) is 11.2 Å². The summed E-state index contributed by atoms with van der Waals surface area (Å²) in [5.74, 6) is -1.60. The summed E-state index contributed by atoms with van der Waals surface area (Å²) in [6.45, 7) is 1.84. The number of aromatic nitrogens is 1. The van der Waals surface area contributed by atoms with Crippen LogP contribution in [0, 0.1) is 18.6 Å². The number of para-hydroxylation sites is 1. The quantitative estimate of drug-likeness (QED) is 0.796. The molecule has 4 nitrogen and oxygen atoms in total. The monoisotopic (exact) mass is 334 g/mol. The van der Waals surface area contributed by atoms with Crippen molar-refractivity contribution in [2.24, 2.45) is 0 Å². The number of anilines is 1. The second-order valence-electron chi connectivity index (χ2n) is 5.07. The first-order valence-electron chi connectivity index (χ1n) is 6.70. The standard InChI is InChI=1S/C16H12F2N2O2S/c1-10-7-11-3-2-4-15(16(11)19-9-10)23(21,22)20-14-8-12(17)5-6-13(14)18/h2-9,20H,1H3. The molecule has 3 aromatic rings. The lowest BCUT2D eigenvalue weighted by Crippen LogP contribution is -2.15. The van der Waals surface area contributed by atoms with Crippen molar-refractivity contribution in [3.8, 4) is 0 Å². The molecule has 0 spiro atoms. The number of sulfonamides is 1. The van der Waals surface area contributed by atoms with E-state index in [1.807, 2.05) is 6.92 Å². The maximum absolute atomic E-state index is 13.7. The minimum Gasteiger partial charge on any atom is -0.276 e. The van der Waals surface area contributed by atoms with Gasteiger partial charge in [0.25, 0.3) is 10.0 Å². The number of hydrogen-bond donors (Lipinski definition) is 1.